The minimum absolute atomic E-state index is 0.698. The van der Waals surface area contributed by atoms with Crippen LogP contribution >= 0.6 is 0 Å². The summed E-state index contributed by atoms with van der Waals surface area (Å²) in [5.41, 5.74) is 0. The normalized spacial score (nSPS) is 28.4. The number of hydrogen-bond acceptors (Lipinski definition) is 0. The van der Waals surface area contributed by atoms with E-state index in [0.717, 1.165) is 12.5 Å². The van der Waals surface area contributed by atoms with Gasteiger partial charge < -0.3 is 0 Å². The van der Waals surface area contributed by atoms with Gasteiger partial charge in [-0.1, -0.05) is 26.7 Å². The first-order valence-electron chi connectivity index (χ1n) is 5.01. The van der Waals surface area contributed by atoms with E-state index >= 15 is 0 Å². The number of rotatable bonds is 3. The maximum absolute atomic E-state index is 4.65. The second-order valence-corrected chi connectivity index (χ2v) is 3.74. The summed E-state index contributed by atoms with van der Waals surface area (Å²) in [6, 6.07) is 0.698. The van der Waals surface area contributed by atoms with Crippen LogP contribution in [0, 0.1) is 5.92 Å². The first kappa shape index (κ1) is 9.05. The Kier molecular flexibility index (Phi) is 3.92. The summed E-state index contributed by atoms with van der Waals surface area (Å²) in [6.45, 7) is 5.74. The van der Waals surface area contributed by atoms with Gasteiger partial charge in [0, 0.05) is 12.6 Å². The Morgan fingerprint density at radius 3 is 2.82 bits per heavy atom. The maximum atomic E-state index is 4.65. The molecule has 1 heterocycles. The quantitative estimate of drug-likeness (QED) is 0.593. The molecule has 1 heteroatoms. The Labute approximate surface area is 70.6 Å². The van der Waals surface area contributed by atoms with E-state index in [2.05, 4.69) is 19.2 Å². The molecule has 0 aliphatic carbocycles. The third kappa shape index (κ3) is 2.82. The van der Waals surface area contributed by atoms with Gasteiger partial charge in [0.1, 0.15) is 0 Å². The molecule has 0 saturated carbocycles. The van der Waals surface area contributed by atoms with Gasteiger partial charge in [-0.3, -0.25) is 0 Å². The van der Waals surface area contributed by atoms with Crippen LogP contribution in [-0.2, 0) is 0 Å². The van der Waals surface area contributed by atoms with Gasteiger partial charge in [0.05, 0.1) is 0 Å². The van der Waals surface area contributed by atoms with Crippen LogP contribution in [0.25, 0.3) is 0 Å². The lowest BCUT2D eigenvalue weighted by molar-refractivity contribution is 0.290. The van der Waals surface area contributed by atoms with Crippen LogP contribution < -0.4 is 5.32 Å². The Bertz CT molecular complexity index is 95.0. The molecule has 0 spiro atoms. The lowest BCUT2D eigenvalue weighted by Gasteiger charge is -2.27. The highest BCUT2D eigenvalue weighted by Gasteiger charge is 2.19. The molecule has 2 atom stereocenters. The van der Waals surface area contributed by atoms with Crippen LogP contribution in [0.1, 0.15) is 46.0 Å². The molecule has 0 N–H and O–H groups in total. The van der Waals surface area contributed by atoms with Crippen molar-refractivity contribution >= 4 is 0 Å². The number of piperidine rings is 1. The third-order valence-corrected chi connectivity index (χ3v) is 2.67. The van der Waals surface area contributed by atoms with E-state index in [-0.39, 0.29) is 0 Å². The van der Waals surface area contributed by atoms with E-state index < -0.39 is 0 Å². The van der Waals surface area contributed by atoms with Gasteiger partial charge in [-0.15, -0.1) is 0 Å². The SMILES string of the molecule is CCCC(C)C1CCCC[N]1. The Morgan fingerprint density at radius 1 is 1.45 bits per heavy atom. The van der Waals surface area contributed by atoms with Crippen LogP contribution in [0.15, 0.2) is 0 Å². The topological polar surface area (TPSA) is 14.1 Å². The summed E-state index contributed by atoms with van der Waals surface area (Å²) in [5, 5.41) is 4.65. The van der Waals surface area contributed by atoms with Crippen molar-refractivity contribution in [1.29, 1.82) is 0 Å². The average Bonchev–Trinajstić information content (AvgIpc) is 2.07. The summed E-state index contributed by atoms with van der Waals surface area (Å²) in [5.74, 6) is 0.834. The smallest absolute Gasteiger partial charge is 0.0271 e. The fourth-order valence-corrected chi connectivity index (χ4v) is 1.93. The fourth-order valence-electron chi connectivity index (χ4n) is 1.93. The van der Waals surface area contributed by atoms with Crippen LogP contribution in [0.5, 0.6) is 0 Å². The highest BCUT2D eigenvalue weighted by molar-refractivity contribution is 4.76. The molecular formula is C10H20N. The molecule has 0 aromatic rings. The van der Waals surface area contributed by atoms with Crippen molar-refractivity contribution in [3.05, 3.63) is 0 Å². The Hall–Kier alpha value is -0.0400. The highest BCUT2D eigenvalue weighted by atomic mass is 14.9. The van der Waals surface area contributed by atoms with Crippen LogP contribution in [-0.4, -0.2) is 12.6 Å². The average molecular weight is 154 g/mol. The number of nitrogens with zero attached hydrogens (tertiary/aromatic N) is 1. The van der Waals surface area contributed by atoms with Crippen molar-refractivity contribution in [2.24, 2.45) is 5.92 Å². The molecule has 1 saturated heterocycles. The van der Waals surface area contributed by atoms with Gasteiger partial charge >= 0.3 is 0 Å². The molecule has 1 fully saturated rings. The van der Waals surface area contributed by atoms with E-state index in [0.29, 0.717) is 6.04 Å². The van der Waals surface area contributed by atoms with E-state index in [1.54, 1.807) is 0 Å². The number of hydrogen-bond donors (Lipinski definition) is 0. The monoisotopic (exact) mass is 154 g/mol. The van der Waals surface area contributed by atoms with Crippen molar-refractivity contribution in [1.82, 2.24) is 5.32 Å². The Balaban J connectivity index is 2.21. The molecule has 0 amide bonds. The van der Waals surface area contributed by atoms with Crippen molar-refractivity contribution in [3.8, 4) is 0 Å². The molecule has 1 aliphatic rings. The molecule has 65 valence electrons. The molecule has 1 aliphatic heterocycles. The van der Waals surface area contributed by atoms with Gasteiger partial charge in [0.15, 0.2) is 0 Å². The zero-order valence-corrected chi connectivity index (χ0v) is 7.84. The van der Waals surface area contributed by atoms with E-state index in [1.165, 1.54) is 32.1 Å². The fraction of sp³-hybridized carbons (Fsp3) is 1.00. The molecule has 0 aromatic heterocycles. The van der Waals surface area contributed by atoms with Gasteiger partial charge in [-0.05, 0) is 25.2 Å². The lowest BCUT2D eigenvalue weighted by atomic mass is 9.90. The molecule has 0 bridgehead atoms. The third-order valence-electron chi connectivity index (χ3n) is 2.67. The van der Waals surface area contributed by atoms with Crippen LogP contribution in [0.4, 0.5) is 0 Å². The van der Waals surface area contributed by atoms with Gasteiger partial charge in [-0.2, -0.15) is 0 Å². The van der Waals surface area contributed by atoms with Gasteiger partial charge in [0.25, 0.3) is 0 Å². The van der Waals surface area contributed by atoms with Crippen molar-refractivity contribution in [3.63, 3.8) is 0 Å². The molecular weight excluding hydrogens is 134 g/mol. The zero-order chi connectivity index (χ0) is 8.10. The lowest BCUT2D eigenvalue weighted by Crippen LogP contribution is -2.33. The molecule has 1 radical (unpaired) electrons. The summed E-state index contributed by atoms with van der Waals surface area (Å²) in [4.78, 5) is 0. The van der Waals surface area contributed by atoms with Crippen molar-refractivity contribution < 1.29 is 0 Å². The molecule has 11 heavy (non-hydrogen) atoms. The standard InChI is InChI=1S/C10H20N/c1-3-6-9(2)10-7-4-5-8-11-10/h9-10H,3-8H2,1-2H3. The second-order valence-electron chi connectivity index (χ2n) is 3.74. The summed E-state index contributed by atoms with van der Waals surface area (Å²) < 4.78 is 0. The second kappa shape index (κ2) is 4.76. The zero-order valence-electron chi connectivity index (χ0n) is 7.84. The molecule has 1 rings (SSSR count). The first-order valence-corrected chi connectivity index (χ1v) is 5.01. The van der Waals surface area contributed by atoms with Crippen LogP contribution in [0.2, 0.25) is 0 Å². The molecule has 1 nitrogen and oxygen atoms in total. The van der Waals surface area contributed by atoms with E-state index in [4.69, 9.17) is 0 Å². The van der Waals surface area contributed by atoms with Crippen molar-refractivity contribution in [2.75, 3.05) is 6.54 Å². The van der Waals surface area contributed by atoms with E-state index in [9.17, 15) is 0 Å². The van der Waals surface area contributed by atoms with Crippen molar-refractivity contribution in [2.45, 2.75) is 52.0 Å². The summed E-state index contributed by atoms with van der Waals surface area (Å²) >= 11 is 0. The minimum atomic E-state index is 0.698. The predicted octanol–water partition coefficient (Wildman–Crippen LogP) is 2.58. The molecule has 2 unspecified atom stereocenters. The minimum Gasteiger partial charge on any atom is -0.238 e. The summed E-state index contributed by atoms with van der Waals surface area (Å²) in [7, 11) is 0. The largest absolute Gasteiger partial charge is 0.238 e. The molecule has 0 aromatic carbocycles. The maximum Gasteiger partial charge on any atom is 0.0271 e. The Morgan fingerprint density at radius 2 is 2.27 bits per heavy atom. The van der Waals surface area contributed by atoms with Crippen LogP contribution in [0.3, 0.4) is 0 Å². The first-order chi connectivity index (χ1) is 5.34. The van der Waals surface area contributed by atoms with E-state index in [1.807, 2.05) is 0 Å². The summed E-state index contributed by atoms with van der Waals surface area (Å²) in [6.07, 6.45) is 6.75. The van der Waals surface area contributed by atoms with Gasteiger partial charge in [0.2, 0.25) is 0 Å². The predicted molar refractivity (Wildman–Crippen MR) is 48.7 cm³/mol. The highest BCUT2D eigenvalue weighted by Crippen LogP contribution is 2.19. The van der Waals surface area contributed by atoms with Gasteiger partial charge in [-0.25, -0.2) is 5.32 Å².